The van der Waals surface area contributed by atoms with E-state index in [2.05, 4.69) is 16.1 Å². The van der Waals surface area contributed by atoms with Crippen molar-refractivity contribution in [3.8, 4) is 0 Å². The fourth-order valence-electron chi connectivity index (χ4n) is 1.78. The molecule has 22 heavy (non-hydrogen) atoms. The van der Waals surface area contributed by atoms with Crippen LogP contribution in [0, 0.1) is 0 Å². The lowest BCUT2D eigenvalue weighted by Gasteiger charge is -2.25. The van der Waals surface area contributed by atoms with Gasteiger partial charge in [-0.25, -0.2) is 4.39 Å². The zero-order chi connectivity index (χ0) is 17.0. The lowest BCUT2D eigenvalue weighted by Crippen LogP contribution is -2.33. The van der Waals surface area contributed by atoms with E-state index in [0.717, 1.165) is 6.07 Å². The Kier molecular flexibility index (Phi) is 6.01. The van der Waals surface area contributed by atoms with Gasteiger partial charge in [0, 0.05) is 0 Å². The van der Waals surface area contributed by atoms with E-state index >= 15 is 0 Å². The van der Waals surface area contributed by atoms with E-state index in [1.807, 2.05) is 0 Å². The summed E-state index contributed by atoms with van der Waals surface area (Å²) in [5, 5.41) is 0. The molecule has 0 amide bonds. The van der Waals surface area contributed by atoms with E-state index in [4.69, 9.17) is 0 Å². The highest BCUT2D eigenvalue weighted by Crippen LogP contribution is 2.38. The first-order chi connectivity index (χ1) is 10.1. The second-order valence-corrected chi connectivity index (χ2v) is 4.36. The molecule has 0 fully saturated rings. The topological polar surface area (TPSA) is 18.5 Å². The minimum atomic E-state index is -4.84. The Hall–Kier alpha value is -1.54. The van der Waals surface area contributed by atoms with Crippen LogP contribution in [0.3, 0.4) is 0 Å². The molecule has 8 heteroatoms. The fourth-order valence-corrected chi connectivity index (χ4v) is 1.78. The number of ether oxygens (including phenoxy) is 2. The summed E-state index contributed by atoms with van der Waals surface area (Å²) in [6, 6.07) is 5.31. The fraction of sp³-hybridized carbons (Fsp3) is 0.429. The van der Waals surface area contributed by atoms with Crippen molar-refractivity contribution in [2.75, 3.05) is 6.61 Å². The lowest BCUT2D eigenvalue weighted by atomic mass is 9.94. The molecule has 0 radical (unpaired) electrons. The van der Waals surface area contributed by atoms with Gasteiger partial charge in [-0.1, -0.05) is 36.9 Å². The Balaban J connectivity index is 2.99. The molecule has 124 valence electrons. The van der Waals surface area contributed by atoms with Gasteiger partial charge in [0.2, 0.25) is 6.36 Å². The van der Waals surface area contributed by atoms with Crippen LogP contribution in [0.15, 0.2) is 30.8 Å². The molecule has 0 aliphatic heterocycles. The SMILES string of the molecule is C=Cc1ccccc1C(COC(F)(F)OC(C)F)C(F)(F)F. The van der Waals surface area contributed by atoms with Gasteiger partial charge < -0.3 is 0 Å². The van der Waals surface area contributed by atoms with E-state index in [9.17, 15) is 26.3 Å². The van der Waals surface area contributed by atoms with Gasteiger partial charge >= 0.3 is 12.5 Å². The van der Waals surface area contributed by atoms with Gasteiger partial charge in [-0.05, 0) is 18.1 Å². The molecular weight excluding hydrogens is 314 g/mol. The standard InChI is InChI=1S/C14H14F6O2/c1-3-10-6-4-5-7-11(10)12(13(16,17)18)8-21-14(19,20)22-9(2)15/h3-7,9,12H,1,8H2,2H3. The quantitative estimate of drug-likeness (QED) is 0.525. The van der Waals surface area contributed by atoms with E-state index in [0.29, 0.717) is 6.92 Å². The van der Waals surface area contributed by atoms with Crippen molar-refractivity contribution in [2.45, 2.75) is 31.7 Å². The molecule has 0 saturated heterocycles. The summed E-state index contributed by atoms with van der Waals surface area (Å²) in [5.74, 6) is -2.33. The van der Waals surface area contributed by atoms with Crippen LogP contribution >= 0.6 is 0 Å². The monoisotopic (exact) mass is 328 g/mol. The summed E-state index contributed by atoms with van der Waals surface area (Å²) < 4.78 is 85.1. The third-order valence-electron chi connectivity index (χ3n) is 2.70. The van der Waals surface area contributed by atoms with Crippen LogP contribution in [0.2, 0.25) is 0 Å². The molecule has 2 atom stereocenters. The van der Waals surface area contributed by atoms with Crippen LogP contribution in [0.1, 0.15) is 24.0 Å². The van der Waals surface area contributed by atoms with Gasteiger partial charge in [0.15, 0.2) is 0 Å². The first kappa shape index (κ1) is 18.5. The molecule has 1 aromatic carbocycles. The van der Waals surface area contributed by atoms with Crippen molar-refractivity contribution in [3.05, 3.63) is 42.0 Å². The second-order valence-electron chi connectivity index (χ2n) is 4.36. The van der Waals surface area contributed by atoms with Gasteiger partial charge in [0.1, 0.15) is 5.92 Å². The summed E-state index contributed by atoms with van der Waals surface area (Å²) in [5.41, 5.74) is -0.134. The van der Waals surface area contributed by atoms with Crippen LogP contribution in [-0.2, 0) is 9.47 Å². The number of hydrogen-bond donors (Lipinski definition) is 0. The molecule has 0 aliphatic rings. The molecule has 0 aliphatic carbocycles. The van der Waals surface area contributed by atoms with E-state index in [1.54, 1.807) is 0 Å². The predicted molar refractivity (Wildman–Crippen MR) is 67.9 cm³/mol. The molecule has 2 unspecified atom stereocenters. The van der Waals surface area contributed by atoms with Crippen molar-refractivity contribution in [3.63, 3.8) is 0 Å². The Morgan fingerprint density at radius 1 is 1.18 bits per heavy atom. The molecule has 0 saturated carbocycles. The van der Waals surface area contributed by atoms with Crippen molar-refractivity contribution >= 4 is 6.08 Å². The molecule has 0 bridgehead atoms. The minimum Gasteiger partial charge on any atom is -0.295 e. The highest BCUT2D eigenvalue weighted by molar-refractivity contribution is 5.53. The van der Waals surface area contributed by atoms with E-state index in [1.165, 1.54) is 24.3 Å². The first-order valence-corrected chi connectivity index (χ1v) is 6.18. The molecule has 0 heterocycles. The second kappa shape index (κ2) is 7.15. The summed E-state index contributed by atoms with van der Waals surface area (Å²) in [7, 11) is 0. The zero-order valence-corrected chi connectivity index (χ0v) is 11.5. The maximum absolute atomic E-state index is 13.1. The van der Waals surface area contributed by atoms with Crippen LogP contribution < -0.4 is 0 Å². The van der Waals surface area contributed by atoms with Gasteiger partial charge in [0.05, 0.1) is 6.61 Å². The summed E-state index contributed by atoms with van der Waals surface area (Å²) in [6.07, 6.45) is -10.5. The third kappa shape index (κ3) is 5.34. The summed E-state index contributed by atoms with van der Waals surface area (Å²) in [4.78, 5) is 0. The molecule has 1 rings (SSSR count). The van der Waals surface area contributed by atoms with Crippen molar-refractivity contribution in [1.82, 2.24) is 0 Å². The highest BCUT2D eigenvalue weighted by atomic mass is 19.4. The number of rotatable bonds is 7. The van der Waals surface area contributed by atoms with Crippen LogP contribution in [0.25, 0.3) is 6.08 Å². The zero-order valence-electron chi connectivity index (χ0n) is 11.5. The third-order valence-corrected chi connectivity index (χ3v) is 2.70. The molecule has 0 spiro atoms. The maximum atomic E-state index is 13.1. The van der Waals surface area contributed by atoms with Crippen molar-refractivity contribution in [1.29, 1.82) is 0 Å². The first-order valence-electron chi connectivity index (χ1n) is 6.18. The van der Waals surface area contributed by atoms with E-state index < -0.39 is 31.4 Å². The molecule has 2 nitrogen and oxygen atoms in total. The van der Waals surface area contributed by atoms with E-state index in [-0.39, 0.29) is 11.1 Å². The van der Waals surface area contributed by atoms with Crippen LogP contribution in [-0.4, -0.2) is 25.4 Å². The van der Waals surface area contributed by atoms with Crippen molar-refractivity contribution in [2.24, 2.45) is 0 Å². The minimum absolute atomic E-state index is 0.136. The summed E-state index contributed by atoms with van der Waals surface area (Å²) >= 11 is 0. The number of halogens is 6. The van der Waals surface area contributed by atoms with Crippen LogP contribution in [0.5, 0.6) is 0 Å². The normalized spacial score (nSPS) is 15.4. The molecule has 0 N–H and O–H groups in total. The smallest absolute Gasteiger partial charge is 0.295 e. The Morgan fingerprint density at radius 2 is 1.77 bits per heavy atom. The van der Waals surface area contributed by atoms with Gasteiger partial charge in [-0.2, -0.15) is 13.2 Å². The van der Waals surface area contributed by atoms with Gasteiger partial charge in [-0.15, -0.1) is 8.78 Å². The van der Waals surface area contributed by atoms with Gasteiger partial charge in [0.25, 0.3) is 0 Å². The van der Waals surface area contributed by atoms with Crippen molar-refractivity contribution < 1.29 is 35.8 Å². The lowest BCUT2D eigenvalue weighted by molar-refractivity contribution is -0.419. The molecule has 0 aromatic heterocycles. The summed E-state index contributed by atoms with van der Waals surface area (Å²) in [6.45, 7) is 2.61. The largest absolute Gasteiger partial charge is 0.488 e. The Labute approximate surface area is 123 Å². The van der Waals surface area contributed by atoms with Gasteiger partial charge in [-0.3, -0.25) is 9.47 Å². The average molecular weight is 328 g/mol. The van der Waals surface area contributed by atoms with Crippen LogP contribution in [0.4, 0.5) is 26.3 Å². The number of alkyl halides is 6. The molecular formula is C14H14F6O2. The molecule has 1 aromatic rings. The Morgan fingerprint density at radius 3 is 2.27 bits per heavy atom. The average Bonchev–Trinajstić information content (AvgIpc) is 2.36. The number of hydrogen-bond acceptors (Lipinski definition) is 2. The highest BCUT2D eigenvalue weighted by Gasteiger charge is 2.45. The predicted octanol–water partition coefficient (Wildman–Crippen LogP) is 4.87. The Bertz CT molecular complexity index is 498. The number of benzene rings is 1. The maximum Gasteiger partial charge on any atom is 0.488 e.